The van der Waals surface area contributed by atoms with Gasteiger partial charge in [-0.1, -0.05) is 29.8 Å². The molecule has 0 spiro atoms. The Bertz CT molecular complexity index is 1070. The number of aryl methyl sites for hydroxylation is 1. The minimum absolute atomic E-state index is 0.242. The molecule has 0 aromatic heterocycles. The maximum Gasteiger partial charge on any atom is 0.262 e. The molecule has 0 fully saturated rings. The summed E-state index contributed by atoms with van der Waals surface area (Å²) in [4.78, 5) is 25.0. The van der Waals surface area contributed by atoms with Crippen molar-refractivity contribution in [3.05, 3.63) is 82.9 Å². The predicted octanol–water partition coefficient (Wildman–Crippen LogP) is 5.32. The van der Waals surface area contributed by atoms with Crippen molar-refractivity contribution in [1.29, 1.82) is 0 Å². The van der Waals surface area contributed by atoms with Crippen molar-refractivity contribution in [3.8, 4) is 11.5 Å². The summed E-state index contributed by atoms with van der Waals surface area (Å²) in [5, 5.41) is 6.10. The fourth-order valence-corrected chi connectivity index (χ4v) is 2.97. The van der Waals surface area contributed by atoms with E-state index >= 15 is 0 Å². The van der Waals surface area contributed by atoms with Crippen molar-refractivity contribution >= 4 is 34.8 Å². The van der Waals surface area contributed by atoms with Crippen LogP contribution in [0.15, 0.2) is 66.7 Å². The van der Waals surface area contributed by atoms with Gasteiger partial charge in [0.15, 0.2) is 6.61 Å². The summed E-state index contributed by atoms with van der Waals surface area (Å²) in [6.45, 7) is 4.12. The first kappa shape index (κ1) is 22.2. The third-order valence-electron chi connectivity index (χ3n) is 4.37. The highest BCUT2D eigenvalue weighted by Crippen LogP contribution is 2.23. The van der Waals surface area contributed by atoms with E-state index in [9.17, 15) is 9.59 Å². The van der Waals surface area contributed by atoms with Crippen LogP contribution in [0.4, 0.5) is 11.4 Å². The molecular formula is C24H23ClN2O4. The van der Waals surface area contributed by atoms with Gasteiger partial charge >= 0.3 is 0 Å². The molecule has 0 unspecified atom stereocenters. The minimum Gasteiger partial charge on any atom is -0.494 e. The molecule has 0 radical (unpaired) electrons. The molecule has 0 saturated carbocycles. The molecule has 160 valence electrons. The number of hydrogen-bond donors (Lipinski definition) is 2. The van der Waals surface area contributed by atoms with Crippen molar-refractivity contribution in [3.63, 3.8) is 0 Å². The lowest BCUT2D eigenvalue weighted by atomic mass is 10.1. The van der Waals surface area contributed by atoms with Gasteiger partial charge in [-0.05, 0) is 67.9 Å². The van der Waals surface area contributed by atoms with Gasteiger partial charge in [0.05, 0.1) is 12.2 Å². The van der Waals surface area contributed by atoms with Crippen molar-refractivity contribution in [1.82, 2.24) is 0 Å². The zero-order valence-corrected chi connectivity index (χ0v) is 18.0. The summed E-state index contributed by atoms with van der Waals surface area (Å²) in [6, 6.07) is 19.1. The highest BCUT2D eigenvalue weighted by atomic mass is 35.5. The molecule has 0 bridgehead atoms. The lowest BCUT2D eigenvalue weighted by Gasteiger charge is -2.12. The van der Waals surface area contributed by atoms with Crippen LogP contribution in [0.1, 0.15) is 22.8 Å². The van der Waals surface area contributed by atoms with E-state index < -0.39 is 0 Å². The molecule has 0 aliphatic rings. The highest BCUT2D eigenvalue weighted by molar-refractivity contribution is 6.31. The first-order valence-corrected chi connectivity index (χ1v) is 10.2. The van der Waals surface area contributed by atoms with Crippen LogP contribution in [0.3, 0.4) is 0 Å². The van der Waals surface area contributed by atoms with Crippen LogP contribution in [-0.4, -0.2) is 25.0 Å². The Morgan fingerprint density at radius 1 is 0.903 bits per heavy atom. The molecule has 3 aromatic rings. The molecule has 7 heteroatoms. The molecule has 6 nitrogen and oxygen atoms in total. The van der Waals surface area contributed by atoms with E-state index in [1.165, 1.54) is 0 Å². The van der Waals surface area contributed by atoms with Crippen LogP contribution in [0.2, 0.25) is 5.02 Å². The van der Waals surface area contributed by atoms with Crippen LogP contribution >= 0.6 is 11.6 Å². The van der Waals surface area contributed by atoms with Crippen molar-refractivity contribution in [2.45, 2.75) is 13.8 Å². The Hall–Kier alpha value is -3.51. The first-order valence-electron chi connectivity index (χ1n) is 9.78. The maximum atomic E-state index is 12.7. The predicted molar refractivity (Wildman–Crippen MR) is 122 cm³/mol. The van der Waals surface area contributed by atoms with Gasteiger partial charge in [0.1, 0.15) is 11.5 Å². The van der Waals surface area contributed by atoms with Gasteiger partial charge in [-0.2, -0.15) is 0 Å². The standard InChI is InChI=1S/C24H23ClN2O4/c1-3-30-19-12-10-17(11-13-19)26-23(28)15-31-22-7-5-4-6-20(22)24(29)27-18-9-8-16(2)21(25)14-18/h4-14H,3,15H2,1-2H3,(H,26,28)(H,27,29). The van der Waals surface area contributed by atoms with Crippen LogP contribution in [0.5, 0.6) is 11.5 Å². The Balaban J connectivity index is 1.61. The van der Waals surface area contributed by atoms with Gasteiger partial charge < -0.3 is 20.1 Å². The molecule has 2 amide bonds. The van der Waals surface area contributed by atoms with Crippen LogP contribution in [-0.2, 0) is 4.79 Å². The van der Waals surface area contributed by atoms with E-state index in [0.717, 1.165) is 11.3 Å². The fourth-order valence-electron chi connectivity index (χ4n) is 2.79. The zero-order chi connectivity index (χ0) is 22.2. The van der Waals surface area contributed by atoms with Gasteiger partial charge in [0.2, 0.25) is 0 Å². The van der Waals surface area contributed by atoms with E-state index in [0.29, 0.717) is 34.3 Å². The molecule has 0 heterocycles. The molecule has 0 saturated heterocycles. The van der Waals surface area contributed by atoms with E-state index in [1.54, 1.807) is 60.7 Å². The lowest BCUT2D eigenvalue weighted by Crippen LogP contribution is -2.21. The average molecular weight is 439 g/mol. The zero-order valence-electron chi connectivity index (χ0n) is 17.3. The second-order valence-electron chi connectivity index (χ2n) is 6.71. The minimum atomic E-state index is -0.359. The second-order valence-corrected chi connectivity index (χ2v) is 7.12. The largest absolute Gasteiger partial charge is 0.494 e. The van der Waals surface area contributed by atoms with E-state index in [-0.39, 0.29) is 18.4 Å². The quantitative estimate of drug-likeness (QED) is 0.499. The number of carbonyl (C=O) groups excluding carboxylic acids is 2. The molecule has 0 aliphatic carbocycles. The highest BCUT2D eigenvalue weighted by Gasteiger charge is 2.14. The molecule has 0 atom stereocenters. The second kappa shape index (κ2) is 10.5. The molecular weight excluding hydrogens is 416 g/mol. The fraction of sp³-hybridized carbons (Fsp3) is 0.167. The maximum absolute atomic E-state index is 12.7. The number of para-hydroxylation sites is 1. The van der Waals surface area contributed by atoms with Gasteiger partial charge in [-0.3, -0.25) is 9.59 Å². The van der Waals surface area contributed by atoms with E-state index in [4.69, 9.17) is 21.1 Å². The number of ether oxygens (including phenoxy) is 2. The van der Waals surface area contributed by atoms with Gasteiger partial charge in [-0.25, -0.2) is 0 Å². The first-order chi connectivity index (χ1) is 15.0. The number of anilines is 2. The lowest BCUT2D eigenvalue weighted by molar-refractivity contribution is -0.118. The Kier molecular flexibility index (Phi) is 7.51. The average Bonchev–Trinajstić information content (AvgIpc) is 2.76. The monoisotopic (exact) mass is 438 g/mol. The number of benzene rings is 3. The van der Waals surface area contributed by atoms with Crippen LogP contribution in [0.25, 0.3) is 0 Å². The smallest absolute Gasteiger partial charge is 0.262 e. The van der Waals surface area contributed by atoms with Crippen molar-refractivity contribution in [2.24, 2.45) is 0 Å². The summed E-state index contributed by atoms with van der Waals surface area (Å²) in [7, 11) is 0. The number of amides is 2. The summed E-state index contributed by atoms with van der Waals surface area (Å²) in [6.07, 6.45) is 0. The molecule has 3 aromatic carbocycles. The number of hydrogen-bond acceptors (Lipinski definition) is 4. The number of rotatable bonds is 8. The Morgan fingerprint density at radius 3 is 2.32 bits per heavy atom. The Morgan fingerprint density at radius 2 is 1.61 bits per heavy atom. The van der Waals surface area contributed by atoms with Crippen molar-refractivity contribution < 1.29 is 19.1 Å². The summed E-state index contributed by atoms with van der Waals surface area (Å²) < 4.78 is 11.0. The molecule has 31 heavy (non-hydrogen) atoms. The van der Waals surface area contributed by atoms with Crippen molar-refractivity contribution in [2.75, 3.05) is 23.8 Å². The summed E-state index contributed by atoms with van der Waals surface area (Å²) in [5.74, 6) is 0.332. The van der Waals surface area contributed by atoms with E-state index in [1.807, 2.05) is 19.9 Å². The van der Waals surface area contributed by atoms with Gasteiger partial charge in [0, 0.05) is 16.4 Å². The number of nitrogens with one attached hydrogen (secondary N) is 2. The Labute approximate surface area is 186 Å². The third kappa shape index (κ3) is 6.23. The topological polar surface area (TPSA) is 76.7 Å². The van der Waals surface area contributed by atoms with E-state index in [2.05, 4.69) is 10.6 Å². The molecule has 2 N–H and O–H groups in total. The molecule has 3 rings (SSSR count). The van der Waals surface area contributed by atoms with Gasteiger partial charge in [0.25, 0.3) is 11.8 Å². The van der Waals surface area contributed by atoms with Crippen LogP contribution < -0.4 is 20.1 Å². The van der Waals surface area contributed by atoms with Gasteiger partial charge in [-0.15, -0.1) is 0 Å². The molecule has 0 aliphatic heterocycles. The summed E-state index contributed by atoms with van der Waals surface area (Å²) >= 11 is 6.12. The number of carbonyl (C=O) groups is 2. The van der Waals surface area contributed by atoms with Crippen LogP contribution in [0, 0.1) is 6.92 Å². The normalized spacial score (nSPS) is 10.3. The third-order valence-corrected chi connectivity index (χ3v) is 4.78. The SMILES string of the molecule is CCOc1ccc(NC(=O)COc2ccccc2C(=O)Nc2ccc(C)c(Cl)c2)cc1. The number of halogens is 1. The summed E-state index contributed by atoms with van der Waals surface area (Å²) in [5.41, 5.74) is 2.43.